The third-order valence-electron chi connectivity index (χ3n) is 3.61. The summed E-state index contributed by atoms with van der Waals surface area (Å²) in [5.74, 6) is 2.46. The average Bonchev–Trinajstić information content (AvgIpc) is 2.26. The molecule has 1 unspecified atom stereocenters. The maximum absolute atomic E-state index is 12.6. The number of rotatable bonds is 1. The molecule has 1 nitrogen and oxygen atoms in total. The number of Topliss-reactive ketones (excluding diaryl/α,β-unsaturated/α-hetero) is 1. The number of hydrogen-bond donors (Lipinski definition) is 0. The molecular formula is C16H20OSSi. The second-order valence-corrected chi connectivity index (χ2v) is 13.4. The lowest BCUT2D eigenvalue weighted by Gasteiger charge is -2.35. The summed E-state index contributed by atoms with van der Waals surface area (Å²) in [5, 5.41) is 1.32. The molecular weight excluding hydrogens is 268 g/mol. The fourth-order valence-corrected chi connectivity index (χ4v) is 4.79. The van der Waals surface area contributed by atoms with E-state index in [1.165, 1.54) is 5.19 Å². The Hall–Kier alpha value is -0.983. The fourth-order valence-electron chi connectivity index (χ4n) is 2.37. The normalized spacial score (nSPS) is 21.7. The Bertz CT molecular complexity index is 575. The molecule has 0 N–H and O–H groups in total. The molecule has 0 aromatic heterocycles. The predicted molar refractivity (Wildman–Crippen MR) is 86.0 cm³/mol. The van der Waals surface area contributed by atoms with Gasteiger partial charge in [0.2, 0.25) is 0 Å². The Morgan fingerprint density at radius 2 is 1.95 bits per heavy atom. The van der Waals surface area contributed by atoms with Crippen molar-refractivity contribution in [2.75, 3.05) is 0 Å². The lowest BCUT2D eigenvalue weighted by atomic mass is 9.87. The number of ketones is 1. The summed E-state index contributed by atoms with van der Waals surface area (Å²) >= 11 is 1.72. The smallest absolute Gasteiger partial charge is 0.180 e. The van der Waals surface area contributed by atoms with Crippen LogP contribution in [0.5, 0.6) is 0 Å². The topological polar surface area (TPSA) is 17.1 Å². The summed E-state index contributed by atoms with van der Waals surface area (Å²) in [5.41, 5.74) is 0.826. The van der Waals surface area contributed by atoms with Gasteiger partial charge in [0, 0.05) is 15.2 Å². The fraction of sp³-hybridized carbons (Fsp3) is 0.438. The molecule has 1 aliphatic heterocycles. The first kappa shape index (κ1) is 14.4. The first-order valence-corrected chi connectivity index (χ1v) is 10.8. The molecule has 1 aliphatic rings. The van der Waals surface area contributed by atoms with Gasteiger partial charge in [-0.05, 0) is 19.9 Å². The van der Waals surface area contributed by atoms with Crippen molar-refractivity contribution in [3.63, 3.8) is 0 Å². The van der Waals surface area contributed by atoms with Crippen LogP contribution in [0.3, 0.4) is 0 Å². The van der Waals surface area contributed by atoms with Crippen LogP contribution < -0.4 is 5.19 Å². The molecule has 0 saturated heterocycles. The van der Waals surface area contributed by atoms with E-state index in [9.17, 15) is 4.79 Å². The maximum Gasteiger partial charge on any atom is 0.180 e. The summed E-state index contributed by atoms with van der Waals surface area (Å²) in [4.78, 5) is 13.7. The van der Waals surface area contributed by atoms with Gasteiger partial charge in [-0.2, -0.15) is 0 Å². The van der Waals surface area contributed by atoms with Crippen LogP contribution in [0.25, 0.3) is 0 Å². The monoisotopic (exact) mass is 288 g/mol. The van der Waals surface area contributed by atoms with Crippen LogP contribution in [0, 0.1) is 18.3 Å². The van der Waals surface area contributed by atoms with E-state index in [1.807, 2.05) is 0 Å². The van der Waals surface area contributed by atoms with E-state index < -0.39 is 8.07 Å². The van der Waals surface area contributed by atoms with Crippen LogP contribution in [-0.2, 0) is 0 Å². The van der Waals surface area contributed by atoms with E-state index in [0.717, 1.165) is 10.5 Å². The first-order chi connectivity index (χ1) is 8.66. The number of thioether (sulfide) groups is 1. The van der Waals surface area contributed by atoms with Gasteiger partial charge >= 0.3 is 0 Å². The predicted octanol–water partition coefficient (Wildman–Crippen LogP) is 3.55. The number of terminal acetylenes is 1. The highest BCUT2D eigenvalue weighted by atomic mass is 32.2. The Balaban J connectivity index is 2.57. The molecule has 3 heteroatoms. The van der Waals surface area contributed by atoms with E-state index in [-0.39, 0.29) is 16.4 Å². The van der Waals surface area contributed by atoms with Gasteiger partial charge in [-0.1, -0.05) is 42.9 Å². The minimum Gasteiger partial charge on any atom is -0.293 e. The number of hydrogen-bond acceptors (Lipinski definition) is 2. The van der Waals surface area contributed by atoms with E-state index >= 15 is 0 Å². The third kappa shape index (κ3) is 2.52. The Morgan fingerprint density at radius 3 is 2.47 bits per heavy atom. The quantitative estimate of drug-likeness (QED) is 0.581. The average molecular weight is 288 g/mol. The third-order valence-corrected chi connectivity index (χ3v) is 6.99. The molecule has 1 aromatic rings. The van der Waals surface area contributed by atoms with Crippen LogP contribution in [0.1, 0.15) is 24.2 Å². The zero-order valence-electron chi connectivity index (χ0n) is 12.2. The zero-order valence-corrected chi connectivity index (χ0v) is 14.0. The lowest BCUT2D eigenvalue weighted by Crippen LogP contribution is -2.41. The molecule has 2 rings (SSSR count). The molecule has 100 valence electrons. The van der Waals surface area contributed by atoms with Crippen molar-refractivity contribution in [2.24, 2.45) is 5.92 Å². The first-order valence-electron chi connectivity index (χ1n) is 6.51. The SMILES string of the molecule is C#CC1C(=O)c2cc([Si](C)(C)C)ccc2SC1(C)C. The largest absolute Gasteiger partial charge is 0.293 e. The van der Waals surface area contributed by atoms with Crippen molar-refractivity contribution in [1.82, 2.24) is 0 Å². The molecule has 0 saturated carbocycles. The van der Waals surface area contributed by atoms with E-state index in [2.05, 4.69) is 57.6 Å². The van der Waals surface area contributed by atoms with Crippen LogP contribution >= 0.6 is 11.8 Å². The zero-order chi connectivity index (χ0) is 14.4. The summed E-state index contributed by atoms with van der Waals surface area (Å²) in [7, 11) is -1.40. The standard InChI is InChI=1S/C16H20OSSi/c1-7-13-15(17)12-10-11(19(4,5)6)8-9-14(12)18-16(13,2)3/h1,8-10,13H,2-6H3. The Kier molecular flexibility index (Phi) is 3.45. The van der Waals surface area contributed by atoms with Crippen LogP contribution in [-0.4, -0.2) is 18.6 Å². The van der Waals surface area contributed by atoms with E-state index in [0.29, 0.717) is 0 Å². The molecule has 19 heavy (non-hydrogen) atoms. The van der Waals surface area contributed by atoms with Gasteiger partial charge in [0.25, 0.3) is 0 Å². The summed E-state index contributed by atoms with van der Waals surface area (Å²) in [6.07, 6.45) is 5.57. The van der Waals surface area contributed by atoms with Gasteiger partial charge < -0.3 is 0 Å². The van der Waals surface area contributed by atoms with Gasteiger partial charge in [0.05, 0.1) is 14.0 Å². The molecule has 1 heterocycles. The van der Waals surface area contributed by atoms with Crippen LogP contribution in [0.15, 0.2) is 23.1 Å². The van der Waals surface area contributed by atoms with E-state index in [4.69, 9.17) is 6.42 Å². The highest BCUT2D eigenvalue weighted by Gasteiger charge is 2.41. The molecule has 1 atom stereocenters. The second-order valence-electron chi connectivity index (χ2n) is 6.63. The number of carbonyl (C=O) groups is 1. The summed E-state index contributed by atoms with van der Waals surface area (Å²) in [6.45, 7) is 11.0. The van der Waals surface area contributed by atoms with Crippen LogP contribution in [0.4, 0.5) is 0 Å². The highest BCUT2D eigenvalue weighted by molar-refractivity contribution is 8.00. The van der Waals surface area contributed by atoms with Crippen molar-refractivity contribution in [2.45, 2.75) is 43.1 Å². The minimum absolute atomic E-state index is 0.112. The minimum atomic E-state index is -1.40. The van der Waals surface area contributed by atoms with Gasteiger partial charge in [0.15, 0.2) is 5.78 Å². The van der Waals surface area contributed by atoms with Crippen molar-refractivity contribution in [1.29, 1.82) is 0 Å². The van der Waals surface area contributed by atoms with Crippen molar-refractivity contribution in [3.8, 4) is 12.3 Å². The molecule has 1 aromatic carbocycles. The highest BCUT2D eigenvalue weighted by Crippen LogP contribution is 2.45. The number of carbonyl (C=O) groups excluding carboxylic acids is 1. The Labute approximate surface area is 121 Å². The molecule has 0 amide bonds. The molecule has 0 radical (unpaired) electrons. The van der Waals surface area contributed by atoms with Gasteiger partial charge in [0.1, 0.15) is 0 Å². The van der Waals surface area contributed by atoms with Gasteiger partial charge in [-0.25, -0.2) is 0 Å². The lowest BCUT2D eigenvalue weighted by molar-refractivity contribution is 0.0928. The van der Waals surface area contributed by atoms with Crippen LogP contribution in [0.2, 0.25) is 19.6 Å². The molecule has 0 aliphatic carbocycles. The summed E-state index contributed by atoms with van der Waals surface area (Å²) in [6, 6.07) is 6.36. The van der Waals surface area contributed by atoms with Crippen molar-refractivity contribution >= 4 is 30.8 Å². The molecule has 0 fully saturated rings. The second kappa shape index (κ2) is 4.54. The maximum atomic E-state index is 12.6. The number of benzene rings is 1. The van der Waals surface area contributed by atoms with Crippen molar-refractivity contribution in [3.05, 3.63) is 23.8 Å². The van der Waals surface area contributed by atoms with Gasteiger partial charge in [-0.3, -0.25) is 4.79 Å². The molecule has 0 bridgehead atoms. The Morgan fingerprint density at radius 1 is 1.32 bits per heavy atom. The summed E-state index contributed by atoms with van der Waals surface area (Å²) < 4.78 is -0.223. The molecule has 0 spiro atoms. The van der Waals surface area contributed by atoms with E-state index in [1.54, 1.807) is 11.8 Å². The van der Waals surface area contributed by atoms with Crippen molar-refractivity contribution < 1.29 is 4.79 Å². The number of fused-ring (bicyclic) bond motifs is 1. The van der Waals surface area contributed by atoms with Gasteiger partial charge in [-0.15, -0.1) is 18.2 Å².